The van der Waals surface area contributed by atoms with Crippen LogP contribution >= 0.6 is 0 Å². The Labute approximate surface area is 140 Å². The van der Waals surface area contributed by atoms with Crippen LogP contribution < -0.4 is 14.8 Å². The molecule has 7 nitrogen and oxygen atoms in total. The van der Waals surface area contributed by atoms with Crippen LogP contribution in [0.4, 0.5) is 0 Å². The summed E-state index contributed by atoms with van der Waals surface area (Å²) in [6, 6.07) is 4.95. The Bertz CT molecular complexity index is 763. The van der Waals surface area contributed by atoms with Crippen LogP contribution in [0.2, 0.25) is 0 Å². The molecular weight excluding hydrogens is 310 g/mol. The maximum absolute atomic E-state index is 11.1. The van der Waals surface area contributed by atoms with E-state index in [1.165, 1.54) is 0 Å². The highest BCUT2D eigenvalue weighted by Gasteiger charge is 2.31. The standard InChI is InChI=1S/C17H21N3O4/c1-9(2)15-16(24-11-7-14(17(21)22)18-8-11)20-13-6-10(23-3)4-5-12(13)19-15/h4-6,9,11,14,18H,7-8H2,1-3H3,(H,21,22). The third kappa shape index (κ3) is 3.26. The Balaban J connectivity index is 1.92. The zero-order chi connectivity index (χ0) is 17.3. The zero-order valence-corrected chi connectivity index (χ0v) is 13.9. The lowest BCUT2D eigenvalue weighted by atomic mass is 10.1. The molecule has 0 saturated carbocycles. The third-order valence-corrected chi connectivity index (χ3v) is 4.08. The maximum Gasteiger partial charge on any atom is 0.320 e. The van der Waals surface area contributed by atoms with Gasteiger partial charge < -0.3 is 19.9 Å². The van der Waals surface area contributed by atoms with Gasteiger partial charge in [-0.2, -0.15) is 0 Å². The van der Waals surface area contributed by atoms with E-state index in [2.05, 4.69) is 15.3 Å². The third-order valence-electron chi connectivity index (χ3n) is 4.08. The Morgan fingerprint density at radius 1 is 1.33 bits per heavy atom. The number of nitrogens with zero attached hydrogens (tertiary/aromatic N) is 2. The number of hydrogen-bond acceptors (Lipinski definition) is 6. The van der Waals surface area contributed by atoms with Gasteiger partial charge in [0.15, 0.2) is 0 Å². The minimum atomic E-state index is -0.862. The summed E-state index contributed by atoms with van der Waals surface area (Å²) >= 11 is 0. The highest BCUT2D eigenvalue weighted by molar-refractivity contribution is 5.77. The van der Waals surface area contributed by atoms with Gasteiger partial charge in [-0.05, 0) is 12.1 Å². The second-order valence-electron chi connectivity index (χ2n) is 6.20. The SMILES string of the molecule is COc1ccc2nc(C(C)C)c(OC3CNC(C(=O)O)C3)nc2c1. The molecule has 2 heterocycles. The number of carbonyl (C=O) groups is 1. The van der Waals surface area contributed by atoms with Crippen molar-refractivity contribution >= 4 is 17.0 Å². The molecule has 0 amide bonds. The van der Waals surface area contributed by atoms with Crippen molar-refractivity contribution in [3.63, 3.8) is 0 Å². The van der Waals surface area contributed by atoms with Crippen LogP contribution in [0.15, 0.2) is 18.2 Å². The molecule has 2 unspecified atom stereocenters. The average Bonchev–Trinajstić information content (AvgIpc) is 3.02. The van der Waals surface area contributed by atoms with Gasteiger partial charge in [0.25, 0.3) is 0 Å². The first kappa shape index (κ1) is 16.4. The fraction of sp³-hybridized carbons (Fsp3) is 0.471. The Hall–Kier alpha value is -2.41. The van der Waals surface area contributed by atoms with Gasteiger partial charge >= 0.3 is 5.97 Å². The second-order valence-corrected chi connectivity index (χ2v) is 6.20. The molecule has 1 aromatic heterocycles. The zero-order valence-electron chi connectivity index (χ0n) is 13.9. The summed E-state index contributed by atoms with van der Waals surface area (Å²) < 4.78 is 11.2. The van der Waals surface area contributed by atoms with Crippen LogP contribution in [-0.2, 0) is 4.79 Å². The van der Waals surface area contributed by atoms with Crippen LogP contribution in [0, 0.1) is 0 Å². The van der Waals surface area contributed by atoms with Crippen molar-refractivity contribution in [1.29, 1.82) is 0 Å². The van der Waals surface area contributed by atoms with Gasteiger partial charge in [-0.25, -0.2) is 9.97 Å². The summed E-state index contributed by atoms with van der Waals surface area (Å²) in [5.41, 5.74) is 2.24. The van der Waals surface area contributed by atoms with Gasteiger partial charge in [0.05, 0.1) is 18.1 Å². The van der Waals surface area contributed by atoms with Crippen LogP contribution in [-0.4, -0.2) is 46.8 Å². The normalized spacial score (nSPS) is 20.5. The molecule has 2 aromatic rings. The van der Waals surface area contributed by atoms with E-state index in [0.717, 1.165) is 11.2 Å². The number of ether oxygens (including phenoxy) is 2. The molecule has 0 spiro atoms. The lowest BCUT2D eigenvalue weighted by Crippen LogP contribution is -2.30. The van der Waals surface area contributed by atoms with Gasteiger partial charge in [-0.15, -0.1) is 0 Å². The minimum Gasteiger partial charge on any atom is -0.497 e. The molecule has 2 N–H and O–H groups in total. The summed E-state index contributed by atoms with van der Waals surface area (Å²) in [4.78, 5) is 20.3. The number of nitrogens with one attached hydrogen (secondary N) is 1. The number of fused-ring (bicyclic) bond motifs is 1. The van der Waals surface area contributed by atoms with Crippen molar-refractivity contribution in [1.82, 2.24) is 15.3 Å². The number of rotatable bonds is 5. The summed E-state index contributed by atoms with van der Waals surface area (Å²) in [5, 5.41) is 12.0. The predicted octanol–water partition coefficient (Wildman–Crippen LogP) is 1.96. The smallest absolute Gasteiger partial charge is 0.320 e. The van der Waals surface area contributed by atoms with Crippen molar-refractivity contribution in [3.8, 4) is 11.6 Å². The molecule has 1 aromatic carbocycles. The molecule has 0 radical (unpaired) electrons. The molecular formula is C17H21N3O4. The van der Waals surface area contributed by atoms with E-state index in [0.29, 0.717) is 30.1 Å². The Morgan fingerprint density at radius 2 is 2.12 bits per heavy atom. The van der Waals surface area contributed by atoms with Crippen molar-refractivity contribution in [2.75, 3.05) is 13.7 Å². The van der Waals surface area contributed by atoms with Crippen molar-refractivity contribution < 1.29 is 19.4 Å². The minimum absolute atomic E-state index is 0.142. The van der Waals surface area contributed by atoms with Gasteiger partial charge in [-0.1, -0.05) is 13.8 Å². The van der Waals surface area contributed by atoms with Crippen molar-refractivity contribution in [3.05, 3.63) is 23.9 Å². The van der Waals surface area contributed by atoms with Crippen LogP contribution in [0.5, 0.6) is 11.6 Å². The summed E-state index contributed by atoms with van der Waals surface area (Å²) in [6.45, 7) is 4.53. The second kappa shape index (κ2) is 6.60. The Morgan fingerprint density at radius 3 is 2.75 bits per heavy atom. The highest BCUT2D eigenvalue weighted by Crippen LogP contribution is 2.29. The summed E-state index contributed by atoms with van der Waals surface area (Å²) in [5.74, 6) is 0.445. The molecule has 1 saturated heterocycles. The number of carboxylic acid groups (broad SMARTS) is 1. The van der Waals surface area contributed by atoms with E-state index in [1.807, 2.05) is 32.0 Å². The largest absolute Gasteiger partial charge is 0.497 e. The Kier molecular flexibility index (Phi) is 4.53. The summed E-state index contributed by atoms with van der Waals surface area (Å²) in [6.07, 6.45) is 0.172. The number of aliphatic carboxylic acids is 1. The first-order valence-electron chi connectivity index (χ1n) is 7.96. The molecule has 7 heteroatoms. The van der Waals surface area contributed by atoms with Crippen molar-refractivity contribution in [2.45, 2.75) is 38.3 Å². The van der Waals surface area contributed by atoms with Gasteiger partial charge in [0.1, 0.15) is 23.6 Å². The molecule has 1 aliphatic heterocycles. The molecule has 24 heavy (non-hydrogen) atoms. The maximum atomic E-state index is 11.1. The topological polar surface area (TPSA) is 93.6 Å². The van der Waals surface area contributed by atoms with Gasteiger partial charge in [0, 0.05) is 24.9 Å². The van der Waals surface area contributed by atoms with Crippen LogP contribution in [0.3, 0.4) is 0 Å². The molecule has 0 bridgehead atoms. The van der Waals surface area contributed by atoms with E-state index in [1.54, 1.807) is 7.11 Å². The summed E-state index contributed by atoms with van der Waals surface area (Å²) in [7, 11) is 1.60. The van der Waals surface area contributed by atoms with Crippen LogP contribution in [0.25, 0.3) is 11.0 Å². The predicted molar refractivity (Wildman–Crippen MR) is 88.6 cm³/mol. The molecule has 2 atom stereocenters. The molecule has 0 aliphatic carbocycles. The number of methoxy groups -OCH3 is 1. The number of hydrogen-bond donors (Lipinski definition) is 2. The number of aromatic nitrogens is 2. The lowest BCUT2D eigenvalue weighted by molar-refractivity contribution is -0.139. The first-order valence-corrected chi connectivity index (χ1v) is 7.96. The quantitative estimate of drug-likeness (QED) is 0.865. The molecule has 3 rings (SSSR count). The van der Waals surface area contributed by atoms with Crippen molar-refractivity contribution in [2.24, 2.45) is 0 Å². The fourth-order valence-electron chi connectivity index (χ4n) is 2.76. The van der Waals surface area contributed by atoms with E-state index >= 15 is 0 Å². The van der Waals surface area contributed by atoms with E-state index in [-0.39, 0.29) is 12.0 Å². The monoisotopic (exact) mass is 331 g/mol. The number of carboxylic acids is 1. The van der Waals surface area contributed by atoms with Gasteiger partial charge in [-0.3, -0.25) is 4.79 Å². The molecule has 128 valence electrons. The van der Waals surface area contributed by atoms with E-state index in [9.17, 15) is 4.79 Å². The van der Waals surface area contributed by atoms with E-state index < -0.39 is 12.0 Å². The first-order chi connectivity index (χ1) is 11.5. The number of benzene rings is 1. The van der Waals surface area contributed by atoms with Crippen LogP contribution in [0.1, 0.15) is 31.9 Å². The fourth-order valence-corrected chi connectivity index (χ4v) is 2.76. The molecule has 1 fully saturated rings. The van der Waals surface area contributed by atoms with E-state index in [4.69, 9.17) is 14.6 Å². The lowest BCUT2D eigenvalue weighted by Gasteiger charge is -2.17. The molecule has 1 aliphatic rings. The van der Waals surface area contributed by atoms with Gasteiger partial charge in [0.2, 0.25) is 5.88 Å². The average molecular weight is 331 g/mol. The highest BCUT2D eigenvalue weighted by atomic mass is 16.5.